The number of tetrazole rings is 1. The highest BCUT2D eigenvalue weighted by Crippen LogP contribution is 2.21. The fraction of sp³-hybridized carbons (Fsp3) is 0.300. The van der Waals surface area contributed by atoms with Crippen molar-refractivity contribution in [1.82, 2.24) is 20.2 Å². The lowest BCUT2D eigenvalue weighted by molar-refractivity contribution is 0.121. The van der Waals surface area contributed by atoms with Crippen LogP contribution in [0.5, 0.6) is 0 Å². The van der Waals surface area contributed by atoms with Crippen molar-refractivity contribution in [1.29, 1.82) is 0 Å². The van der Waals surface area contributed by atoms with Gasteiger partial charge in [-0.15, -0.1) is 5.10 Å². The number of nitrogen functional groups attached to an aromatic ring is 1. The molecule has 0 saturated carbocycles. The zero-order chi connectivity index (χ0) is 12.4. The lowest BCUT2D eigenvalue weighted by Gasteiger charge is -2.05. The lowest BCUT2D eigenvalue weighted by Crippen LogP contribution is -2.10. The van der Waals surface area contributed by atoms with Gasteiger partial charge in [0, 0.05) is 11.3 Å². The van der Waals surface area contributed by atoms with Crippen LogP contribution in [0.3, 0.4) is 0 Å². The number of nitrogens with two attached hydrogens (primary N) is 1. The average molecular weight is 239 g/mol. The summed E-state index contributed by atoms with van der Waals surface area (Å²) in [5.74, 6) is 0.289. The summed E-state index contributed by atoms with van der Waals surface area (Å²) in [6, 6.07) is 5.22. The summed E-state index contributed by atoms with van der Waals surface area (Å²) < 4.78 is 25.7. The molecular formula is C10H11F2N5. The number of anilines is 1. The van der Waals surface area contributed by atoms with E-state index in [-0.39, 0.29) is 5.82 Å². The van der Waals surface area contributed by atoms with Gasteiger partial charge < -0.3 is 5.73 Å². The van der Waals surface area contributed by atoms with Crippen LogP contribution in [0.15, 0.2) is 18.2 Å². The maximum absolute atomic E-state index is 12.3. The number of hydrogen-bond acceptors (Lipinski definition) is 4. The van der Waals surface area contributed by atoms with Gasteiger partial charge in [-0.05, 0) is 29.0 Å². The fourth-order valence-electron chi connectivity index (χ4n) is 1.44. The van der Waals surface area contributed by atoms with Crippen LogP contribution in [0.2, 0.25) is 0 Å². The Bertz CT molecular complexity index is 523. The van der Waals surface area contributed by atoms with E-state index in [9.17, 15) is 8.78 Å². The maximum atomic E-state index is 12.3. The maximum Gasteiger partial charge on any atom is 0.258 e. The first-order valence-electron chi connectivity index (χ1n) is 4.98. The van der Waals surface area contributed by atoms with Crippen molar-refractivity contribution >= 4 is 5.69 Å². The molecule has 0 amide bonds. The van der Waals surface area contributed by atoms with E-state index < -0.39 is 13.0 Å². The van der Waals surface area contributed by atoms with Crippen molar-refractivity contribution in [3.63, 3.8) is 0 Å². The van der Waals surface area contributed by atoms with Gasteiger partial charge in [0.15, 0.2) is 5.82 Å². The third kappa shape index (κ3) is 2.38. The molecule has 0 bridgehead atoms. The summed E-state index contributed by atoms with van der Waals surface area (Å²) in [5.41, 5.74) is 7.87. The molecule has 17 heavy (non-hydrogen) atoms. The van der Waals surface area contributed by atoms with Crippen LogP contribution in [0.4, 0.5) is 14.5 Å². The lowest BCUT2D eigenvalue weighted by atomic mass is 10.1. The smallest absolute Gasteiger partial charge is 0.258 e. The third-order valence-corrected chi connectivity index (χ3v) is 2.38. The first-order valence-corrected chi connectivity index (χ1v) is 4.98. The number of hydrogen-bond donors (Lipinski definition) is 1. The predicted octanol–water partition coefficient (Wildman–Crippen LogP) is 1.50. The molecule has 0 radical (unpaired) electrons. The number of aromatic nitrogens is 4. The Hall–Kier alpha value is -2.05. The molecule has 1 aromatic heterocycles. The zero-order valence-corrected chi connectivity index (χ0v) is 9.14. The summed E-state index contributed by atoms with van der Waals surface area (Å²) in [6.45, 7) is 1.33. The van der Waals surface area contributed by atoms with Crippen molar-refractivity contribution in [2.45, 2.75) is 19.9 Å². The highest BCUT2D eigenvalue weighted by molar-refractivity contribution is 5.63. The van der Waals surface area contributed by atoms with E-state index in [1.165, 1.54) is 0 Å². The number of alkyl halides is 2. The van der Waals surface area contributed by atoms with Gasteiger partial charge in [-0.1, -0.05) is 12.1 Å². The Labute approximate surface area is 96.2 Å². The fourth-order valence-corrected chi connectivity index (χ4v) is 1.44. The van der Waals surface area contributed by atoms with E-state index >= 15 is 0 Å². The molecule has 0 aliphatic rings. The molecule has 0 aliphatic carbocycles. The topological polar surface area (TPSA) is 69.6 Å². The van der Waals surface area contributed by atoms with E-state index in [0.29, 0.717) is 11.3 Å². The molecule has 2 aromatic rings. The van der Waals surface area contributed by atoms with Gasteiger partial charge in [0.2, 0.25) is 0 Å². The van der Waals surface area contributed by atoms with Crippen LogP contribution in [-0.2, 0) is 6.54 Å². The van der Waals surface area contributed by atoms with E-state index in [2.05, 4.69) is 15.5 Å². The highest BCUT2D eigenvalue weighted by atomic mass is 19.3. The predicted molar refractivity (Wildman–Crippen MR) is 58.4 cm³/mol. The SMILES string of the molecule is Cc1ccc(-c2nnnn2CC(F)F)cc1N. The van der Waals surface area contributed by atoms with Crippen LogP contribution >= 0.6 is 0 Å². The molecule has 0 spiro atoms. The Kier molecular flexibility index (Phi) is 2.99. The van der Waals surface area contributed by atoms with Gasteiger partial charge in [0.25, 0.3) is 6.43 Å². The molecule has 2 rings (SSSR count). The molecule has 1 heterocycles. The van der Waals surface area contributed by atoms with Crippen LogP contribution in [0.1, 0.15) is 5.56 Å². The molecule has 7 heteroatoms. The largest absolute Gasteiger partial charge is 0.398 e. The number of benzene rings is 1. The second kappa shape index (κ2) is 4.44. The second-order valence-electron chi connectivity index (χ2n) is 3.65. The van der Waals surface area contributed by atoms with Crippen LogP contribution < -0.4 is 5.73 Å². The standard InChI is InChI=1S/C10H11F2N5/c1-6-2-3-7(4-8(6)13)10-14-15-16-17(10)5-9(11)12/h2-4,9H,5,13H2,1H3. The van der Waals surface area contributed by atoms with Gasteiger partial charge in [0.05, 0.1) is 0 Å². The minimum atomic E-state index is -2.50. The molecular weight excluding hydrogens is 228 g/mol. The summed E-state index contributed by atoms with van der Waals surface area (Å²) in [6.07, 6.45) is -2.50. The van der Waals surface area contributed by atoms with E-state index in [0.717, 1.165) is 10.2 Å². The van der Waals surface area contributed by atoms with Gasteiger partial charge in [-0.2, -0.15) is 0 Å². The van der Waals surface area contributed by atoms with Gasteiger partial charge >= 0.3 is 0 Å². The van der Waals surface area contributed by atoms with Crippen LogP contribution in [-0.4, -0.2) is 26.6 Å². The Balaban J connectivity index is 2.39. The normalized spacial score (nSPS) is 11.1. The minimum absolute atomic E-state index is 0.289. The molecule has 5 nitrogen and oxygen atoms in total. The van der Waals surface area contributed by atoms with Crippen LogP contribution in [0, 0.1) is 6.92 Å². The molecule has 0 saturated heterocycles. The first kappa shape index (κ1) is 11.4. The Morgan fingerprint density at radius 2 is 2.18 bits per heavy atom. The molecule has 0 atom stereocenters. The van der Waals surface area contributed by atoms with Gasteiger partial charge in [-0.25, -0.2) is 13.5 Å². The molecule has 0 unspecified atom stereocenters. The minimum Gasteiger partial charge on any atom is -0.398 e. The number of aryl methyl sites for hydroxylation is 1. The number of rotatable bonds is 3. The van der Waals surface area contributed by atoms with Crippen molar-refractivity contribution in [3.05, 3.63) is 23.8 Å². The molecule has 1 aromatic carbocycles. The molecule has 2 N–H and O–H groups in total. The average Bonchev–Trinajstić information content (AvgIpc) is 2.69. The van der Waals surface area contributed by atoms with Crippen molar-refractivity contribution in [2.24, 2.45) is 0 Å². The summed E-state index contributed by atoms with van der Waals surface area (Å²) in [5, 5.41) is 10.6. The van der Waals surface area contributed by atoms with Crippen molar-refractivity contribution < 1.29 is 8.78 Å². The summed E-state index contributed by atoms with van der Waals surface area (Å²) in [4.78, 5) is 0. The van der Waals surface area contributed by atoms with Gasteiger partial charge in [0.1, 0.15) is 6.54 Å². The first-order chi connectivity index (χ1) is 8.08. The number of halogens is 2. The van der Waals surface area contributed by atoms with E-state index in [1.54, 1.807) is 18.2 Å². The van der Waals surface area contributed by atoms with Crippen molar-refractivity contribution in [3.8, 4) is 11.4 Å². The summed E-state index contributed by atoms with van der Waals surface area (Å²) in [7, 11) is 0. The Morgan fingerprint density at radius 3 is 2.82 bits per heavy atom. The molecule has 0 fully saturated rings. The Morgan fingerprint density at radius 1 is 1.41 bits per heavy atom. The monoisotopic (exact) mass is 239 g/mol. The summed E-state index contributed by atoms with van der Waals surface area (Å²) >= 11 is 0. The number of nitrogens with zero attached hydrogens (tertiary/aromatic N) is 4. The van der Waals surface area contributed by atoms with E-state index in [1.807, 2.05) is 6.92 Å². The van der Waals surface area contributed by atoms with Crippen LogP contribution in [0.25, 0.3) is 11.4 Å². The molecule has 0 aliphatic heterocycles. The quantitative estimate of drug-likeness (QED) is 0.824. The third-order valence-electron chi connectivity index (χ3n) is 2.38. The van der Waals surface area contributed by atoms with Crippen molar-refractivity contribution in [2.75, 3.05) is 5.73 Å². The van der Waals surface area contributed by atoms with Gasteiger partial charge in [-0.3, -0.25) is 0 Å². The highest BCUT2D eigenvalue weighted by Gasteiger charge is 2.13. The zero-order valence-electron chi connectivity index (χ0n) is 9.14. The molecule has 90 valence electrons. The second-order valence-corrected chi connectivity index (χ2v) is 3.65. The van der Waals surface area contributed by atoms with E-state index in [4.69, 9.17) is 5.73 Å².